The molecule has 0 aromatic rings. The highest BCUT2D eigenvalue weighted by atomic mass is 28.5. The fourth-order valence-corrected chi connectivity index (χ4v) is 44.8. The number of carbonyl (C=O) groups excluding carboxylic acids is 1. The van der Waals surface area contributed by atoms with E-state index in [1.807, 2.05) is 6.92 Å². The molecule has 0 fully saturated rings. The van der Waals surface area contributed by atoms with E-state index in [9.17, 15) is 8.23 Å². The summed E-state index contributed by atoms with van der Waals surface area (Å²) in [6, 6.07) is 10.2. The van der Waals surface area contributed by atoms with Crippen molar-refractivity contribution in [1.29, 1.82) is 0 Å². The molecule has 0 amide bonds. The van der Waals surface area contributed by atoms with Gasteiger partial charge in [-0.2, -0.15) is 0 Å². The van der Waals surface area contributed by atoms with Gasteiger partial charge in [-0.3, -0.25) is 0 Å². The van der Waals surface area contributed by atoms with E-state index in [2.05, 4.69) is 68.9 Å². The molecule has 9 heteroatoms. The summed E-state index contributed by atoms with van der Waals surface area (Å²) in [5, 5.41) is 0. The lowest BCUT2D eigenvalue weighted by Gasteiger charge is -2.49. The van der Waals surface area contributed by atoms with E-state index in [4.69, 9.17) is 8.54 Å². The molecule has 5 nitrogen and oxygen atoms in total. The molecule has 0 saturated carbocycles. The van der Waals surface area contributed by atoms with Gasteiger partial charge in [0.15, 0.2) is 8.32 Å². The van der Waals surface area contributed by atoms with E-state index in [-0.39, 0.29) is 5.97 Å². The van der Waals surface area contributed by atoms with Crippen LogP contribution >= 0.6 is 0 Å². The van der Waals surface area contributed by atoms with Crippen LogP contribution in [0.2, 0.25) is 54.4 Å². The molecule has 121 heavy (non-hydrogen) atoms. The Morgan fingerprint density at radius 1 is 0.165 bits per heavy atom. The van der Waals surface area contributed by atoms with Crippen molar-refractivity contribution in [2.24, 2.45) is 0 Å². The zero-order chi connectivity index (χ0) is 88.0. The van der Waals surface area contributed by atoms with Crippen molar-refractivity contribution in [2.75, 3.05) is 0 Å². The standard InChI is InChI=1S/C112H230O5Si4/c1-12-21-30-39-48-57-66-75-84-93-102-118(103-94-85-76-67-58-49-40-31-22-13-2,104-95-86-77-68-59-50-41-32-23-14-3)115-120(107-98-89-80-71-62-53-44-35-26-17-6,108-99-90-81-72-63-54-45-36-27-18-7)117-121(109-100-91-82-73-64-55-46-37-28-19-8,110-101-92-83-74-65-56-47-38-29-20-9)116-119(114-112(113)111(10)11,105-96-87-78-69-60-51-42-33-24-15-4)106-97-88-79-70-61-52-43-34-25-16-5/h10,12-110H2,1-9,11H3. The third-order valence-corrected chi connectivity index (χ3v) is 48.4. The van der Waals surface area contributed by atoms with Gasteiger partial charge in [0, 0.05) is 17.7 Å². The Morgan fingerprint density at radius 3 is 0.430 bits per heavy atom. The van der Waals surface area contributed by atoms with Gasteiger partial charge in [-0.1, -0.05) is 647 Å². The second-order valence-corrected chi connectivity index (χ2v) is 55.8. The molecule has 0 atom stereocenters. The molecule has 0 aromatic carbocycles. The van der Waals surface area contributed by atoms with E-state index >= 15 is 4.79 Å². The van der Waals surface area contributed by atoms with E-state index in [1.165, 1.54) is 583 Å². The van der Waals surface area contributed by atoms with Gasteiger partial charge in [-0.15, -0.1) is 0 Å². The molecule has 0 aromatic heterocycles. The molecule has 0 aliphatic carbocycles. The predicted molar refractivity (Wildman–Crippen MR) is 557 cm³/mol. The highest BCUT2D eigenvalue weighted by molar-refractivity contribution is 6.91. The van der Waals surface area contributed by atoms with Crippen molar-refractivity contribution in [2.45, 2.75) is 702 Å². The predicted octanol–water partition coefficient (Wildman–Crippen LogP) is 42.7. The average Bonchev–Trinajstić information content (AvgIpc) is 0.770. The molecule has 0 unspecified atom stereocenters. The van der Waals surface area contributed by atoms with E-state index in [0.29, 0.717) is 5.57 Å². The third-order valence-electron chi connectivity index (χ3n) is 28.2. The Balaban J connectivity index is 9.52. The van der Waals surface area contributed by atoms with Crippen molar-refractivity contribution < 1.29 is 21.6 Å². The first kappa shape index (κ1) is 121. The zero-order valence-corrected chi connectivity index (χ0v) is 89.8. The Bertz CT molecular complexity index is 1890. The summed E-state index contributed by atoms with van der Waals surface area (Å²) in [4.78, 5) is 15.3. The summed E-state index contributed by atoms with van der Waals surface area (Å²) in [6.07, 6.45) is 122. The lowest BCUT2D eigenvalue weighted by atomic mass is 10.1. The van der Waals surface area contributed by atoms with Crippen LogP contribution in [0.15, 0.2) is 12.2 Å². The van der Waals surface area contributed by atoms with Gasteiger partial charge < -0.3 is 16.8 Å². The molecular formula is C112H230O5Si4. The van der Waals surface area contributed by atoms with Crippen LogP contribution in [0.4, 0.5) is 0 Å². The van der Waals surface area contributed by atoms with Crippen LogP contribution in [0, 0.1) is 0 Å². The summed E-state index contributed by atoms with van der Waals surface area (Å²) in [5.74, 6) is -0.169. The quantitative estimate of drug-likeness (QED) is 0.0345. The van der Waals surface area contributed by atoms with Crippen molar-refractivity contribution in [3.05, 3.63) is 12.2 Å². The molecule has 0 bridgehead atoms. The Labute approximate surface area is 770 Å². The number of rotatable bonds is 107. The summed E-state index contributed by atoms with van der Waals surface area (Å²) in [6.45, 7) is 27.7. The first-order valence-electron chi connectivity index (χ1n) is 57.5. The molecule has 0 aliphatic rings. The van der Waals surface area contributed by atoms with Crippen molar-refractivity contribution in [3.63, 3.8) is 0 Å². The summed E-state index contributed by atoms with van der Waals surface area (Å²) >= 11 is 0. The highest BCUT2D eigenvalue weighted by Crippen LogP contribution is 2.45. The van der Waals surface area contributed by atoms with Crippen LogP contribution in [0.1, 0.15) is 647 Å². The van der Waals surface area contributed by atoms with Gasteiger partial charge in [-0.05, 0) is 49.2 Å². The molecule has 0 spiro atoms. The molecule has 0 N–H and O–H groups in total. The van der Waals surface area contributed by atoms with Crippen LogP contribution in [0.5, 0.6) is 0 Å². The molecule has 0 saturated heterocycles. The van der Waals surface area contributed by atoms with E-state index < -0.39 is 34.0 Å². The average molecular weight is 1770 g/mol. The smallest absolute Gasteiger partial charge is 0.393 e. The fourth-order valence-electron chi connectivity index (χ4n) is 20.0. The van der Waals surface area contributed by atoms with E-state index in [0.717, 1.165) is 49.1 Å². The number of hydrogen-bond donors (Lipinski definition) is 0. The highest BCUT2D eigenvalue weighted by Gasteiger charge is 2.56. The van der Waals surface area contributed by atoms with Gasteiger partial charge in [-0.25, -0.2) is 4.79 Å². The van der Waals surface area contributed by atoms with Crippen LogP contribution in [0.25, 0.3) is 0 Å². The molecule has 0 heterocycles. The van der Waals surface area contributed by atoms with Crippen LogP contribution in [0.3, 0.4) is 0 Å². The van der Waals surface area contributed by atoms with Crippen LogP contribution < -0.4 is 0 Å². The Kier molecular flexibility index (Phi) is 96.0. The van der Waals surface area contributed by atoms with Crippen LogP contribution in [-0.2, 0) is 21.6 Å². The minimum absolute atomic E-state index is 0.169. The summed E-state index contributed by atoms with van der Waals surface area (Å²) in [5.41, 5.74) is 0.555. The number of unbranched alkanes of at least 4 members (excludes halogenated alkanes) is 81. The lowest BCUT2D eigenvalue weighted by molar-refractivity contribution is -0.132. The van der Waals surface area contributed by atoms with Gasteiger partial charge in [0.1, 0.15) is 0 Å². The zero-order valence-electron chi connectivity index (χ0n) is 85.8. The molecule has 0 aliphatic heterocycles. The first-order chi connectivity index (χ1) is 59.5. The summed E-state index contributed by atoms with van der Waals surface area (Å²) in [7, 11) is -12.3. The molecule has 0 rings (SSSR count). The van der Waals surface area contributed by atoms with Crippen molar-refractivity contribution >= 4 is 40.0 Å². The monoisotopic (exact) mass is 1770 g/mol. The van der Waals surface area contributed by atoms with Gasteiger partial charge in [0.2, 0.25) is 0 Å². The maximum absolute atomic E-state index is 15.3. The minimum Gasteiger partial charge on any atom is -0.491 e. The van der Waals surface area contributed by atoms with Gasteiger partial charge >= 0.3 is 31.7 Å². The second-order valence-electron chi connectivity index (χ2n) is 40.8. The lowest BCUT2D eigenvalue weighted by Crippen LogP contribution is -2.63. The van der Waals surface area contributed by atoms with Gasteiger partial charge in [0.25, 0.3) is 0 Å². The first-order valence-corrected chi connectivity index (χ1v) is 66.7. The topological polar surface area (TPSA) is 54.0 Å². The molecule has 724 valence electrons. The maximum atomic E-state index is 15.3. The molecular weight excluding hydrogens is 1540 g/mol. The third kappa shape index (κ3) is 80.5. The van der Waals surface area contributed by atoms with E-state index in [1.54, 1.807) is 0 Å². The number of hydrogen-bond acceptors (Lipinski definition) is 5. The molecule has 0 radical (unpaired) electrons. The second kappa shape index (κ2) is 96.0. The Hall–Kier alpha value is -0.0425. The van der Waals surface area contributed by atoms with Gasteiger partial charge in [0.05, 0.1) is 0 Å². The summed E-state index contributed by atoms with van der Waals surface area (Å²) < 4.78 is 35.7. The normalized spacial score (nSPS) is 12.3. The van der Waals surface area contributed by atoms with Crippen molar-refractivity contribution in [1.82, 2.24) is 0 Å². The fraction of sp³-hybridized carbons (Fsp3) is 0.973. The number of carbonyl (C=O) groups is 1. The maximum Gasteiger partial charge on any atom is 0.393 e. The van der Waals surface area contributed by atoms with Crippen LogP contribution in [-0.4, -0.2) is 40.0 Å². The largest absolute Gasteiger partial charge is 0.491 e. The Morgan fingerprint density at radius 2 is 0.281 bits per heavy atom. The van der Waals surface area contributed by atoms with Crippen molar-refractivity contribution in [3.8, 4) is 0 Å². The minimum atomic E-state index is -3.36. The SMILES string of the molecule is C=C(C)C(=O)O[Si](CCCCCCCCCCCC)(CCCCCCCCCCCC)O[Si](CCCCCCCCCCCC)(CCCCCCCCCCCC)O[Si](CCCCCCCCCCCC)(CCCCCCCCCCCC)O[Si](CCCCCCCCCCCC)(CCCCCCCCCCCC)CCCCCCCCCCCC.